The lowest BCUT2D eigenvalue weighted by atomic mass is 9.88. The van der Waals surface area contributed by atoms with Crippen LogP contribution < -0.4 is 5.32 Å². The first kappa shape index (κ1) is 15.5. The van der Waals surface area contributed by atoms with Crippen molar-refractivity contribution in [3.63, 3.8) is 0 Å². The topological polar surface area (TPSA) is 42.0 Å². The summed E-state index contributed by atoms with van der Waals surface area (Å²) >= 11 is 0. The number of alkyl halides is 2. The zero-order valence-corrected chi connectivity index (χ0v) is 11.8. The number of pyridine rings is 1. The predicted molar refractivity (Wildman–Crippen MR) is 75.0 cm³/mol. The zero-order chi connectivity index (χ0) is 16.6. The number of hydrogen-bond acceptors (Lipinski definition) is 2. The van der Waals surface area contributed by atoms with Crippen molar-refractivity contribution >= 4 is 5.91 Å². The van der Waals surface area contributed by atoms with E-state index in [1.54, 1.807) is 0 Å². The van der Waals surface area contributed by atoms with Gasteiger partial charge in [0, 0.05) is 42.9 Å². The van der Waals surface area contributed by atoms with Crippen LogP contribution in [0, 0.1) is 11.6 Å². The molecule has 0 saturated heterocycles. The molecule has 2 aromatic rings. The lowest BCUT2D eigenvalue weighted by Crippen LogP contribution is -2.50. The van der Waals surface area contributed by atoms with Gasteiger partial charge in [-0.15, -0.1) is 0 Å². The highest BCUT2D eigenvalue weighted by atomic mass is 19.3. The van der Waals surface area contributed by atoms with E-state index in [0.29, 0.717) is 5.56 Å². The minimum Gasteiger partial charge on any atom is -0.349 e. The van der Waals surface area contributed by atoms with E-state index in [4.69, 9.17) is 0 Å². The number of carbonyl (C=O) groups is 1. The van der Waals surface area contributed by atoms with Gasteiger partial charge in [-0.25, -0.2) is 17.6 Å². The summed E-state index contributed by atoms with van der Waals surface area (Å²) in [6.45, 7) is 0. The molecule has 1 aromatic carbocycles. The first-order valence-corrected chi connectivity index (χ1v) is 6.93. The Hall–Kier alpha value is -2.44. The minimum atomic E-state index is -2.73. The zero-order valence-electron chi connectivity index (χ0n) is 11.8. The molecule has 0 unspecified atom stereocenters. The fourth-order valence-corrected chi connectivity index (χ4v) is 2.47. The van der Waals surface area contributed by atoms with E-state index in [1.807, 2.05) is 0 Å². The molecule has 1 fully saturated rings. The van der Waals surface area contributed by atoms with E-state index >= 15 is 0 Å². The molecule has 0 aliphatic heterocycles. The lowest BCUT2D eigenvalue weighted by Gasteiger charge is -2.35. The van der Waals surface area contributed by atoms with E-state index in [2.05, 4.69) is 10.3 Å². The first-order chi connectivity index (χ1) is 10.8. The largest absolute Gasteiger partial charge is 0.349 e. The van der Waals surface area contributed by atoms with Crippen molar-refractivity contribution in [3.05, 3.63) is 53.9 Å². The lowest BCUT2D eigenvalue weighted by molar-refractivity contribution is -0.0901. The molecule has 0 atom stereocenters. The van der Waals surface area contributed by atoms with Gasteiger partial charge in [0.1, 0.15) is 11.6 Å². The van der Waals surface area contributed by atoms with Crippen LogP contribution in [0.15, 0.2) is 36.7 Å². The van der Waals surface area contributed by atoms with Gasteiger partial charge in [-0.2, -0.15) is 0 Å². The number of nitrogens with one attached hydrogen (secondary N) is 1. The van der Waals surface area contributed by atoms with Crippen molar-refractivity contribution < 1.29 is 22.4 Å². The maximum atomic E-state index is 13.3. The molecule has 1 aromatic heterocycles. The second-order valence-electron chi connectivity index (χ2n) is 5.55. The van der Waals surface area contributed by atoms with Gasteiger partial charge in [-0.05, 0) is 23.8 Å². The number of aromatic nitrogens is 1. The molecule has 23 heavy (non-hydrogen) atoms. The average Bonchev–Trinajstić information content (AvgIpc) is 2.44. The Bertz CT molecular complexity index is 735. The molecule has 0 radical (unpaired) electrons. The second kappa shape index (κ2) is 5.64. The van der Waals surface area contributed by atoms with E-state index in [1.165, 1.54) is 18.5 Å². The Balaban J connectivity index is 1.78. The second-order valence-corrected chi connectivity index (χ2v) is 5.55. The summed E-state index contributed by atoms with van der Waals surface area (Å²) in [5.41, 5.74) is 0.734. The SMILES string of the molecule is O=C(NC1CC(F)(F)C1)c1cncc(-c2cc(F)cc(F)c2)c1. The highest BCUT2D eigenvalue weighted by Gasteiger charge is 2.45. The van der Waals surface area contributed by atoms with Crippen molar-refractivity contribution in [2.45, 2.75) is 24.8 Å². The van der Waals surface area contributed by atoms with Crippen LogP contribution in [-0.4, -0.2) is 22.9 Å². The summed E-state index contributed by atoms with van der Waals surface area (Å²) in [5, 5.41) is 2.48. The molecule has 1 aliphatic carbocycles. The van der Waals surface area contributed by atoms with Crippen molar-refractivity contribution in [1.82, 2.24) is 10.3 Å². The highest BCUT2D eigenvalue weighted by Crippen LogP contribution is 2.37. The van der Waals surface area contributed by atoms with Gasteiger partial charge in [-0.1, -0.05) is 0 Å². The van der Waals surface area contributed by atoms with Gasteiger partial charge in [0.15, 0.2) is 0 Å². The number of carbonyl (C=O) groups excluding carboxylic acids is 1. The van der Waals surface area contributed by atoms with Crippen LogP contribution in [0.4, 0.5) is 17.6 Å². The fourth-order valence-electron chi connectivity index (χ4n) is 2.47. The third-order valence-corrected chi connectivity index (χ3v) is 3.62. The van der Waals surface area contributed by atoms with E-state index in [-0.39, 0.29) is 24.0 Å². The summed E-state index contributed by atoms with van der Waals surface area (Å²) in [5.74, 6) is -4.76. The molecule has 1 N–H and O–H groups in total. The Kier molecular flexibility index (Phi) is 3.79. The molecule has 3 nitrogen and oxygen atoms in total. The monoisotopic (exact) mass is 324 g/mol. The van der Waals surface area contributed by atoms with Crippen LogP contribution in [0.2, 0.25) is 0 Å². The van der Waals surface area contributed by atoms with Gasteiger partial charge in [0.2, 0.25) is 0 Å². The molecule has 3 rings (SSSR count). The number of rotatable bonds is 3. The molecule has 0 spiro atoms. The van der Waals surface area contributed by atoms with E-state index in [0.717, 1.165) is 18.2 Å². The maximum Gasteiger partial charge on any atom is 0.253 e. The molecule has 7 heteroatoms. The highest BCUT2D eigenvalue weighted by molar-refractivity contribution is 5.95. The van der Waals surface area contributed by atoms with Gasteiger partial charge in [0.25, 0.3) is 11.8 Å². The van der Waals surface area contributed by atoms with Crippen LogP contribution in [0.3, 0.4) is 0 Å². The Morgan fingerprint density at radius 2 is 1.70 bits per heavy atom. The van der Waals surface area contributed by atoms with Crippen molar-refractivity contribution in [1.29, 1.82) is 0 Å². The molecule has 1 heterocycles. The number of hydrogen-bond donors (Lipinski definition) is 1. The number of halogens is 4. The van der Waals surface area contributed by atoms with E-state index < -0.39 is 29.5 Å². The molecule has 0 bridgehead atoms. The molecular formula is C16H12F4N2O. The van der Waals surface area contributed by atoms with Crippen LogP contribution in [0.5, 0.6) is 0 Å². The van der Waals surface area contributed by atoms with Crippen molar-refractivity contribution in [3.8, 4) is 11.1 Å². The summed E-state index contributed by atoms with van der Waals surface area (Å²) in [7, 11) is 0. The number of amides is 1. The average molecular weight is 324 g/mol. The Morgan fingerprint density at radius 1 is 1.04 bits per heavy atom. The van der Waals surface area contributed by atoms with Gasteiger partial charge >= 0.3 is 0 Å². The third-order valence-electron chi connectivity index (χ3n) is 3.62. The maximum absolute atomic E-state index is 13.3. The van der Waals surface area contributed by atoms with Crippen LogP contribution in [-0.2, 0) is 0 Å². The fraction of sp³-hybridized carbons (Fsp3) is 0.250. The summed E-state index contributed by atoms with van der Waals surface area (Å²) < 4.78 is 52.1. The Morgan fingerprint density at radius 3 is 2.30 bits per heavy atom. The van der Waals surface area contributed by atoms with Crippen LogP contribution in [0.25, 0.3) is 11.1 Å². The van der Waals surface area contributed by atoms with Gasteiger partial charge < -0.3 is 5.32 Å². The predicted octanol–water partition coefficient (Wildman–Crippen LogP) is 3.55. The minimum absolute atomic E-state index is 0.141. The van der Waals surface area contributed by atoms with Crippen molar-refractivity contribution in [2.75, 3.05) is 0 Å². The normalized spacial score (nSPS) is 16.7. The Labute approximate surface area is 129 Å². The molecule has 1 amide bonds. The summed E-state index contributed by atoms with van der Waals surface area (Å²) in [6.07, 6.45) is 1.86. The summed E-state index contributed by atoms with van der Waals surface area (Å²) in [4.78, 5) is 15.9. The molecule has 1 aliphatic rings. The molecular weight excluding hydrogens is 312 g/mol. The van der Waals surface area contributed by atoms with Crippen LogP contribution in [0.1, 0.15) is 23.2 Å². The van der Waals surface area contributed by atoms with Gasteiger partial charge in [-0.3, -0.25) is 9.78 Å². The van der Waals surface area contributed by atoms with Crippen molar-refractivity contribution in [2.24, 2.45) is 0 Å². The first-order valence-electron chi connectivity index (χ1n) is 6.93. The number of nitrogens with zero attached hydrogens (tertiary/aromatic N) is 1. The number of benzene rings is 1. The smallest absolute Gasteiger partial charge is 0.253 e. The van der Waals surface area contributed by atoms with Crippen LogP contribution >= 0.6 is 0 Å². The van der Waals surface area contributed by atoms with E-state index in [9.17, 15) is 22.4 Å². The molecule has 120 valence electrons. The summed E-state index contributed by atoms with van der Waals surface area (Å²) in [6, 6.07) is 3.81. The quantitative estimate of drug-likeness (QED) is 0.877. The third kappa shape index (κ3) is 3.49. The standard InChI is InChI=1S/C16H12F4N2O/c17-12-2-9(3-13(18)4-12)10-1-11(8-21-7-10)15(23)22-14-5-16(19,20)6-14/h1-4,7-8,14H,5-6H2,(H,22,23). The molecule has 1 saturated carbocycles. The van der Waals surface area contributed by atoms with Gasteiger partial charge in [0.05, 0.1) is 5.56 Å².